The van der Waals surface area contributed by atoms with Crippen LogP contribution in [0.25, 0.3) is 0 Å². The van der Waals surface area contributed by atoms with Crippen molar-refractivity contribution in [3.8, 4) is 0 Å². The van der Waals surface area contributed by atoms with Gasteiger partial charge in [-0.15, -0.1) is 0 Å². The first-order valence-corrected chi connectivity index (χ1v) is 9.92. The Hall–Kier alpha value is -2.69. The highest BCUT2D eigenvalue weighted by atomic mass is 15.5. The molecule has 0 spiro atoms. The van der Waals surface area contributed by atoms with Gasteiger partial charge in [-0.2, -0.15) is 5.10 Å². The van der Waals surface area contributed by atoms with Gasteiger partial charge in [0.25, 0.3) is 0 Å². The lowest BCUT2D eigenvalue weighted by Crippen LogP contribution is -2.20. The van der Waals surface area contributed by atoms with Crippen molar-refractivity contribution in [3.63, 3.8) is 0 Å². The van der Waals surface area contributed by atoms with Gasteiger partial charge in [0.15, 0.2) is 0 Å². The van der Waals surface area contributed by atoms with Crippen LogP contribution >= 0.6 is 0 Å². The summed E-state index contributed by atoms with van der Waals surface area (Å²) in [6.45, 7) is 14.1. The van der Waals surface area contributed by atoms with Gasteiger partial charge >= 0.3 is 0 Å². The predicted molar refractivity (Wildman–Crippen MR) is 117 cm³/mol. The van der Waals surface area contributed by atoms with Gasteiger partial charge in [0, 0.05) is 49.8 Å². The first kappa shape index (κ1) is 20.1. The van der Waals surface area contributed by atoms with Crippen LogP contribution in [0.1, 0.15) is 25.8 Å². The molecule has 0 aromatic carbocycles. The summed E-state index contributed by atoms with van der Waals surface area (Å²) in [7, 11) is 2.13. The third-order valence-corrected chi connectivity index (χ3v) is 5.39. The van der Waals surface area contributed by atoms with Crippen LogP contribution < -0.4 is 0 Å². The Kier molecular flexibility index (Phi) is 6.45. The van der Waals surface area contributed by atoms with Crippen LogP contribution in [0.5, 0.6) is 0 Å². The Bertz CT molecular complexity index is 792. The van der Waals surface area contributed by atoms with E-state index < -0.39 is 0 Å². The molecule has 0 saturated heterocycles. The van der Waals surface area contributed by atoms with E-state index in [1.165, 1.54) is 12.0 Å². The molecule has 3 atom stereocenters. The second kappa shape index (κ2) is 9.00. The third kappa shape index (κ3) is 5.41. The molecule has 3 rings (SSSR count). The first-order chi connectivity index (χ1) is 13.4. The summed E-state index contributed by atoms with van der Waals surface area (Å²) in [6, 6.07) is 4.06. The van der Waals surface area contributed by atoms with E-state index in [1.54, 1.807) is 0 Å². The molecule has 5 nitrogen and oxygen atoms in total. The van der Waals surface area contributed by atoms with Gasteiger partial charge < -0.3 is 4.90 Å². The van der Waals surface area contributed by atoms with E-state index in [0.29, 0.717) is 11.8 Å². The molecule has 1 aliphatic heterocycles. The molecule has 3 unspecified atom stereocenters. The number of hydrazone groups is 1. The maximum Gasteiger partial charge on any atom is 0.0761 e. The molecular weight excluding hydrogens is 346 g/mol. The van der Waals surface area contributed by atoms with Crippen molar-refractivity contribution < 1.29 is 0 Å². The molecule has 0 N–H and O–H groups in total. The lowest BCUT2D eigenvalue weighted by atomic mass is 9.99. The molecule has 1 aromatic rings. The standard InChI is InChI=1S/C23H31N5/c1-17(2)28(13-8-20-6-10-24-11-7-20)26-18(3)15-25-19(4)22-9-12-27(5)16-21-14-23(21)22/h6-7,9-12,15,21-23H,1,4,8,13-14,16H2,2-3,5H3/b25-15+,26-18+. The second-order valence-corrected chi connectivity index (χ2v) is 7.92. The number of fused-ring (bicyclic) bond motifs is 1. The zero-order chi connectivity index (χ0) is 20.1. The maximum atomic E-state index is 4.69. The molecule has 2 heterocycles. The molecule has 0 radical (unpaired) electrons. The van der Waals surface area contributed by atoms with Gasteiger partial charge in [-0.05, 0) is 62.4 Å². The maximum absolute atomic E-state index is 4.69. The third-order valence-electron chi connectivity index (χ3n) is 5.39. The van der Waals surface area contributed by atoms with E-state index in [2.05, 4.69) is 52.5 Å². The Balaban J connectivity index is 1.60. The second-order valence-electron chi connectivity index (χ2n) is 7.92. The SMILES string of the molecule is C=C(/N=C/C(C)=N/N(CCc1ccncc1)C(=C)C)C1C=CN(C)CC2CC21. The van der Waals surface area contributed by atoms with Crippen LogP contribution in [0.4, 0.5) is 0 Å². The highest BCUT2D eigenvalue weighted by Gasteiger charge is 2.44. The minimum atomic E-state index is 0.336. The van der Waals surface area contributed by atoms with Gasteiger partial charge in [-0.1, -0.05) is 19.2 Å². The van der Waals surface area contributed by atoms with Crippen molar-refractivity contribution in [1.82, 2.24) is 14.9 Å². The average Bonchev–Trinajstić information content (AvgIpc) is 3.43. The summed E-state index contributed by atoms with van der Waals surface area (Å²) in [6.07, 6.45) is 12.0. The molecular formula is C23H31N5. The molecule has 0 bridgehead atoms. The zero-order valence-electron chi connectivity index (χ0n) is 17.3. The first-order valence-electron chi connectivity index (χ1n) is 9.92. The van der Waals surface area contributed by atoms with E-state index in [0.717, 1.165) is 42.5 Å². The van der Waals surface area contributed by atoms with E-state index in [4.69, 9.17) is 0 Å². The molecule has 1 aromatic heterocycles. The van der Waals surface area contributed by atoms with Crippen LogP contribution in [-0.2, 0) is 6.42 Å². The molecule has 0 amide bonds. The number of hydrogen-bond acceptors (Lipinski definition) is 5. The predicted octanol–water partition coefficient (Wildman–Crippen LogP) is 4.13. The van der Waals surface area contributed by atoms with Crippen LogP contribution in [0.3, 0.4) is 0 Å². The van der Waals surface area contributed by atoms with Crippen LogP contribution in [-0.4, -0.2) is 47.0 Å². The summed E-state index contributed by atoms with van der Waals surface area (Å²) in [4.78, 5) is 11.0. The van der Waals surface area contributed by atoms with E-state index >= 15 is 0 Å². The number of rotatable bonds is 8. The minimum Gasteiger partial charge on any atom is -0.380 e. The average molecular weight is 378 g/mol. The van der Waals surface area contributed by atoms with Crippen LogP contribution in [0, 0.1) is 17.8 Å². The van der Waals surface area contributed by atoms with Gasteiger partial charge in [0.1, 0.15) is 0 Å². The summed E-state index contributed by atoms with van der Waals surface area (Å²) in [5, 5.41) is 6.62. The summed E-state index contributed by atoms with van der Waals surface area (Å²) < 4.78 is 0. The normalized spacial score (nSPS) is 24.0. The van der Waals surface area contributed by atoms with E-state index in [9.17, 15) is 0 Å². The zero-order valence-corrected chi connectivity index (χ0v) is 17.3. The van der Waals surface area contributed by atoms with Gasteiger partial charge in [0.05, 0.1) is 11.9 Å². The molecule has 2 aliphatic rings. The molecule has 28 heavy (non-hydrogen) atoms. The Morgan fingerprint density at radius 2 is 2.07 bits per heavy atom. The fourth-order valence-electron chi connectivity index (χ4n) is 3.68. The smallest absolute Gasteiger partial charge is 0.0761 e. The topological polar surface area (TPSA) is 44.1 Å². The monoisotopic (exact) mass is 377 g/mol. The number of pyridine rings is 1. The van der Waals surface area contributed by atoms with Crippen molar-refractivity contribution in [2.75, 3.05) is 20.1 Å². The molecule has 148 valence electrons. The fraction of sp³-hybridized carbons (Fsp3) is 0.435. The summed E-state index contributed by atoms with van der Waals surface area (Å²) in [5.41, 5.74) is 3.92. The molecule has 1 aliphatic carbocycles. The molecule has 1 fully saturated rings. The number of allylic oxidation sites excluding steroid dienone is 2. The largest absolute Gasteiger partial charge is 0.380 e. The van der Waals surface area contributed by atoms with Crippen molar-refractivity contribution in [3.05, 3.63) is 66.9 Å². The molecule has 5 heteroatoms. The number of hydrogen-bond donors (Lipinski definition) is 0. The highest BCUT2D eigenvalue weighted by Crippen LogP contribution is 2.49. The lowest BCUT2D eigenvalue weighted by molar-refractivity contribution is 0.371. The number of nitrogens with zero attached hydrogens (tertiary/aromatic N) is 5. The van der Waals surface area contributed by atoms with Crippen molar-refractivity contribution in [2.45, 2.75) is 26.7 Å². The van der Waals surface area contributed by atoms with Crippen LogP contribution in [0.2, 0.25) is 0 Å². The van der Waals surface area contributed by atoms with Gasteiger partial charge in [-0.25, -0.2) is 0 Å². The van der Waals surface area contributed by atoms with Crippen molar-refractivity contribution in [2.24, 2.45) is 27.8 Å². The molecule has 1 saturated carbocycles. The highest BCUT2D eigenvalue weighted by molar-refractivity contribution is 6.29. The summed E-state index contributed by atoms with van der Waals surface area (Å²) in [5.74, 6) is 1.80. The number of aliphatic imine (C=N–C) groups is 1. The van der Waals surface area contributed by atoms with E-state index in [1.807, 2.05) is 49.6 Å². The number of aromatic nitrogens is 1. The van der Waals surface area contributed by atoms with Gasteiger partial charge in [-0.3, -0.25) is 15.0 Å². The minimum absolute atomic E-state index is 0.336. The lowest BCUT2D eigenvalue weighted by Gasteiger charge is -2.19. The Labute approximate surface area is 168 Å². The quantitative estimate of drug-likeness (QED) is 0.505. The van der Waals surface area contributed by atoms with E-state index in [-0.39, 0.29) is 0 Å². The fourth-order valence-corrected chi connectivity index (χ4v) is 3.68. The Morgan fingerprint density at radius 1 is 1.32 bits per heavy atom. The van der Waals surface area contributed by atoms with Crippen molar-refractivity contribution in [1.29, 1.82) is 0 Å². The van der Waals surface area contributed by atoms with Gasteiger partial charge in [0.2, 0.25) is 0 Å². The summed E-state index contributed by atoms with van der Waals surface area (Å²) >= 11 is 0. The van der Waals surface area contributed by atoms with Crippen LogP contribution in [0.15, 0.2) is 71.4 Å². The Morgan fingerprint density at radius 3 is 2.79 bits per heavy atom. The van der Waals surface area contributed by atoms with Crippen molar-refractivity contribution >= 4 is 11.9 Å².